The largest absolute Gasteiger partial charge is 0.480 e. The van der Waals surface area contributed by atoms with E-state index in [9.17, 15) is 9.59 Å². The minimum absolute atomic E-state index is 0.0502. The number of benzene rings is 1. The molecular formula is C22H21N7O4. The third-order valence-corrected chi connectivity index (χ3v) is 5.11. The molecule has 1 aliphatic rings. The van der Waals surface area contributed by atoms with Crippen LogP contribution in [0.25, 0.3) is 5.65 Å². The lowest BCUT2D eigenvalue weighted by Crippen LogP contribution is -2.16. The summed E-state index contributed by atoms with van der Waals surface area (Å²) in [5.74, 6) is 1.37. The second kappa shape index (κ2) is 8.26. The molecular weight excluding hydrogens is 426 g/mol. The number of nitrogens with one attached hydrogen (secondary N) is 2. The molecule has 1 aliphatic carbocycles. The lowest BCUT2D eigenvalue weighted by Gasteiger charge is -2.09. The van der Waals surface area contributed by atoms with Crippen molar-refractivity contribution in [3.63, 3.8) is 0 Å². The number of pyridine rings is 1. The summed E-state index contributed by atoms with van der Waals surface area (Å²) < 4.78 is 14.0. The van der Waals surface area contributed by atoms with E-state index in [4.69, 9.17) is 9.47 Å². The van der Waals surface area contributed by atoms with Gasteiger partial charge in [0, 0.05) is 30.8 Å². The topological polar surface area (TPSA) is 125 Å². The minimum atomic E-state index is -0.324. The van der Waals surface area contributed by atoms with Crippen molar-refractivity contribution in [3.8, 4) is 17.4 Å². The number of aryl methyl sites for hydroxylation is 1. The van der Waals surface area contributed by atoms with Crippen molar-refractivity contribution in [2.45, 2.75) is 12.8 Å². The van der Waals surface area contributed by atoms with E-state index >= 15 is 0 Å². The second-order valence-corrected chi connectivity index (χ2v) is 7.65. The number of methoxy groups -OCH3 is 1. The van der Waals surface area contributed by atoms with E-state index in [1.54, 1.807) is 60.2 Å². The molecule has 0 radical (unpaired) electrons. The molecule has 2 amide bonds. The summed E-state index contributed by atoms with van der Waals surface area (Å²) in [4.78, 5) is 28.8. The fraction of sp³-hybridized carbons (Fsp3) is 0.227. The highest BCUT2D eigenvalue weighted by Crippen LogP contribution is 2.30. The second-order valence-electron chi connectivity index (χ2n) is 7.65. The van der Waals surface area contributed by atoms with Crippen LogP contribution in [0.1, 0.15) is 23.3 Å². The summed E-state index contributed by atoms with van der Waals surface area (Å²) in [6.07, 6.45) is 3.49. The highest BCUT2D eigenvalue weighted by molar-refractivity contribution is 6.03. The van der Waals surface area contributed by atoms with Gasteiger partial charge in [-0.15, -0.1) is 10.2 Å². The van der Waals surface area contributed by atoms with Crippen LogP contribution in [0.3, 0.4) is 0 Å². The first-order chi connectivity index (χ1) is 16.0. The van der Waals surface area contributed by atoms with Crippen molar-refractivity contribution in [2.75, 3.05) is 17.7 Å². The van der Waals surface area contributed by atoms with E-state index in [1.807, 2.05) is 0 Å². The molecule has 3 heterocycles. The summed E-state index contributed by atoms with van der Waals surface area (Å²) in [5, 5.41) is 13.9. The van der Waals surface area contributed by atoms with Crippen LogP contribution in [-0.4, -0.2) is 43.3 Å². The maximum absolute atomic E-state index is 12.6. The Kier molecular flexibility index (Phi) is 5.13. The van der Waals surface area contributed by atoms with Gasteiger partial charge in [0.2, 0.25) is 17.7 Å². The van der Waals surface area contributed by atoms with Gasteiger partial charge in [-0.2, -0.15) is 4.98 Å². The standard InChI is InChI=1S/C22H21N7O4/c1-28-17(11-19(26-28)32-2)21(31)23-14-4-3-5-15(10-14)33-16-8-9-18-24-22(27-29(18)12-16)25-20(30)13-6-7-13/h3-5,8-13H,6-7H2,1-2H3,(H,23,31)(H,25,27,30). The molecule has 5 rings (SSSR count). The van der Waals surface area contributed by atoms with Crippen molar-refractivity contribution in [2.24, 2.45) is 13.0 Å². The quantitative estimate of drug-likeness (QED) is 0.446. The van der Waals surface area contributed by atoms with Crippen LogP contribution in [0, 0.1) is 5.92 Å². The zero-order valence-electron chi connectivity index (χ0n) is 18.0. The van der Waals surface area contributed by atoms with Gasteiger partial charge < -0.3 is 14.8 Å². The maximum atomic E-state index is 12.6. The number of nitrogens with zero attached hydrogens (tertiary/aromatic N) is 5. The first-order valence-corrected chi connectivity index (χ1v) is 10.3. The smallest absolute Gasteiger partial charge is 0.274 e. The number of hydrogen-bond acceptors (Lipinski definition) is 7. The van der Waals surface area contributed by atoms with Gasteiger partial charge >= 0.3 is 0 Å². The molecule has 11 nitrogen and oxygen atoms in total. The maximum Gasteiger partial charge on any atom is 0.274 e. The van der Waals surface area contributed by atoms with Crippen molar-refractivity contribution in [1.82, 2.24) is 24.4 Å². The fourth-order valence-corrected chi connectivity index (χ4v) is 3.26. The molecule has 33 heavy (non-hydrogen) atoms. The zero-order valence-corrected chi connectivity index (χ0v) is 18.0. The normalized spacial score (nSPS) is 13.0. The monoisotopic (exact) mass is 447 g/mol. The van der Waals surface area contributed by atoms with E-state index in [-0.39, 0.29) is 23.7 Å². The van der Waals surface area contributed by atoms with Gasteiger partial charge in [0.25, 0.3) is 5.91 Å². The van der Waals surface area contributed by atoms with E-state index < -0.39 is 0 Å². The van der Waals surface area contributed by atoms with E-state index in [0.29, 0.717) is 34.4 Å². The summed E-state index contributed by atoms with van der Waals surface area (Å²) in [5.41, 5.74) is 1.50. The number of aromatic nitrogens is 5. The molecule has 0 atom stereocenters. The Bertz CT molecular complexity index is 1360. The summed E-state index contributed by atoms with van der Waals surface area (Å²) in [6.45, 7) is 0. The number of anilines is 2. The van der Waals surface area contributed by atoms with Crippen molar-refractivity contribution >= 4 is 29.1 Å². The molecule has 0 saturated heterocycles. The minimum Gasteiger partial charge on any atom is -0.480 e. The van der Waals surface area contributed by atoms with Gasteiger partial charge in [-0.1, -0.05) is 6.07 Å². The van der Waals surface area contributed by atoms with Crippen molar-refractivity contribution < 1.29 is 19.1 Å². The summed E-state index contributed by atoms with van der Waals surface area (Å²) in [6, 6.07) is 12.1. The molecule has 1 fully saturated rings. The lowest BCUT2D eigenvalue weighted by atomic mass is 10.3. The van der Waals surface area contributed by atoms with Crippen molar-refractivity contribution in [3.05, 3.63) is 54.4 Å². The molecule has 11 heteroatoms. The zero-order chi connectivity index (χ0) is 22.9. The Morgan fingerprint density at radius 1 is 1.06 bits per heavy atom. The Morgan fingerprint density at radius 3 is 2.67 bits per heavy atom. The molecule has 168 valence electrons. The van der Waals surface area contributed by atoms with Gasteiger partial charge in [-0.05, 0) is 37.1 Å². The molecule has 1 aromatic carbocycles. The predicted molar refractivity (Wildman–Crippen MR) is 119 cm³/mol. The van der Waals surface area contributed by atoms with Crippen LogP contribution in [0.2, 0.25) is 0 Å². The van der Waals surface area contributed by atoms with Crippen LogP contribution in [0.4, 0.5) is 11.6 Å². The van der Waals surface area contributed by atoms with Crippen molar-refractivity contribution in [1.29, 1.82) is 0 Å². The third kappa shape index (κ3) is 4.47. The summed E-state index contributed by atoms with van der Waals surface area (Å²) >= 11 is 0. The summed E-state index contributed by atoms with van der Waals surface area (Å²) in [7, 11) is 3.16. The van der Waals surface area contributed by atoms with Gasteiger partial charge in [0.1, 0.15) is 17.2 Å². The van der Waals surface area contributed by atoms with Crippen LogP contribution in [-0.2, 0) is 11.8 Å². The molecule has 2 N–H and O–H groups in total. The fourth-order valence-electron chi connectivity index (χ4n) is 3.26. The Balaban J connectivity index is 1.29. The first-order valence-electron chi connectivity index (χ1n) is 10.3. The van der Waals surface area contributed by atoms with Crippen LogP contribution in [0.15, 0.2) is 48.7 Å². The van der Waals surface area contributed by atoms with E-state index in [0.717, 1.165) is 12.8 Å². The number of carbonyl (C=O) groups is 2. The van der Waals surface area contributed by atoms with E-state index in [2.05, 4.69) is 25.8 Å². The van der Waals surface area contributed by atoms with Crippen LogP contribution < -0.4 is 20.1 Å². The van der Waals surface area contributed by atoms with Gasteiger partial charge in [-0.3, -0.25) is 19.6 Å². The Morgan fingerprint density at radius 2 is 1.91 bits per heavy atom. The number of ether oxygens (including phenoxy) is 2. The van der Waals surface area contributed by atoms with Gasteiger partial charge in [0.15, 0.2) is 5.65 Å². The first kappa shape index (κ1) is 20.5. The average Bonchev–Trinajstić information content (AvgIpc) is 3.47. The molecule has 4 aromatic rings. The molecule has 0 aliphatic heterocycles. The third-order valence-electron chi connectivity index (χ3n) is 5.11. The molecule has 0 unspecified atom stereocenters. The number of fused-ring (bicyclic) bond motifs is 1. The molecule has 3 aromatic heterocycles. The SMILES string of the molecule is COc1cc(C(=O)Nc2cccc(Oc3ccc4nc(NC(=O)C5CC5)nn4c3)c2)n(C)n1. The van der Waals surface area contributed by atoms with Gasteiger partial charge in [-0.25, -0.2) is 4.52 Å². The van der Waals surface area contributed by atoms with Crippen LogP contribution in [0.5, 0.6) is 17.4 Å². The van der Waals surface area contributed by atoms with Crippen LogP contribution >= 0.6 is 0 Å². The molecule has 0 spiro atoms. The number of carbonyl (C=O) groups excluding carboxylic acids is 2. The number of rotatable bonds is 7. The highest BCUT2D eigenvalue weighted by atomic mass is 16.5. The highest BCUT2D eigenvalue weighted by Gasteiger charge is 2.30. The average molecular weight is 447 g/mol. The predicted octanol–water partition coefficient (Wildman–Crippen LogP) is 2.86. The Hall–Kier alpha value is -4.41. The number of hydrogen-bond donors (Lipinski definition) is 2. The van der Waals surface area contributed by atoms with Gasteiger partial charge in [0.05, 0.1) is 13.3 Å². The molecule has 1 saturated carbocycles. The molecule has 0 bridgehead atoms. The van der Waals surface area contributed by atoms with E-state index in [1.165, 1.54) is 11.8 Å². The Labute approximate surface area is 188 Å². The number of amides is 2. The lowest BCUT2D eigenvalue weighted by molar-refractivity contribution is -0.117.